The maximum atomic E-state index is 10.9. The average Bonchev–Trinajstić information content (AvgIpc) is 2.32. The largest absolute Gasteiger partial charge is 0.477 e. The summed E-state index contributed by atoms with van der Waals surface area (Å²) in [5, 5.41) is 9.38. The van der Waals surface area contributed by atoms with Gasteiger partial charge < -0.3 is 5.11 Å². The molecule has 0 aliphatic carbocycles. The van der Waals surface area contributed by atoms with Crippen LogP contribution in [0.1, 0.15) is 28.4 Å². The van der Waals surface area contributed by atoms with Gasteiger partial charge in [0.2, 0.25) is 0 Å². The Labute approximate surface area is 99.8 Å². The van der Waals surface area contributed by atoms with E-state index in [1.165, 1.54) is 11.3 Å². The highest BCUT2D eigenvalue weighted by atomic mass is 79.9. The lowest BCUT2D eigenvalue weighted by molar-refractivity contribution is 0.0698. The van der Waals surface area contributed by atoms with Crippen molar-refractivity contribution in [2.24, 2.45) is 0 Å². The van der Waals surface area contributed by atoms with E-state index in [0.717, 1.165) is 14.2 Å². The molecule has 0 spiro atoms. The van der Waals surface area contributed by atoms with Gasteiger partial charge in [-0.25, -0.2) is 4.79 Å². The van der Waals surface area contributed by atoms with Gasteiger partial charge in [0.05, 0.1) is 0 Å². The van der Waals surface area contributed by atoms with Crippen LogP contribution in [0.2, 0.25) is 0 Å². The molecular formula is C9H11BrO2S2. The first-order chi connectivity index (χ1) is 6.43. The molecule has 0 aliphatic rings. The summed E-state index contributed by atoms with van der Waals surface area (Å²) in [5.41, 5.74) is 0. The van der Waals surface area contributed by atoms with Gasteiger partial charge in [-0.2, -0.15) is 0 Å². The van der Waals surface area contributed by atoms with E-state index in [1.807, 2.05) is 6.92 Å². The third-order valence-electron chi connectivity index (χ3n) is 1.52. The molecule has 14 heavy (non-hydrogen) atoms. The number of halogens is 1. The second-order valence-corrected chi connectivity index (χ2v) is 6.71. The van der Waals surface area contributed by atoms with Crippen molar-refractivity contribution in [3.05, 3.63) is 14.2 Å². The minimum Gasteiger partial charge on any atom is -0.477 e. The van der Waals surface area contributed by atoms with Crippen LogP contribution in [0.3, 0.4) is 0 Å². The van der Waals surface area contributed by atoms with Crippen LogP contribution in [0, 0.1) is 6.92 Å². The summed E-state index contributed by atoms with van der Waals surface area (Å²) < 4.78 is 0.929. The fraction of sp³-hybridized carbons (Fsp3) is 0.444. The quantitative estimate of drug-likeness (QED) is 0.856. The molecule has 0 bridgehead atoms. The minimum absolute atomic E-state index is 0.387. The minimum atomic E-state index is -0.841. The molecule has 1 heterocycles. The first-order valence-corrected chi connectivity index (χ1v) is 6.61. The predicted molar refractivity (Wildman–Crippen MR) is 64.7 cm³/mol. The van der Waals surface area contributed by atoms with Crippen molar-refractivity contribution < 1.29 is 9.90 Å². The summed E-state index contributed by atoms with van der Waals surface area (Å²) in [4.78, 5) is 13.3. The van der Waals surface area contributed by atoms with Gasteiger partial charge >= 0.3 is 5.97 Å². The lowest BCUT2D eigenvalue weighted by Crippen LogP contribution is -1.96. The van der Waals surface area contributed by atoms with Crippen LogP contribution in [0.5, 0.6) is 0 Å². The van der Waals surface area contributed by atoms with Gasteiger partial charge in [-0.3, -0.25) is 0 Å². The van der Waals surface area contributed by atoms with Crippen LogP contribution in [-0.2, 0) is 0 Å². The van der Waals surface area contributed by atoms with E-state index in [9.17, 15) is 4.79 Å². The Balaban J connectivity index is 3.16. The van der Waals surface area contributed by atoms with E-state index >= 15 is 0 Å². The van der Waals surface area contributed by atoms with E-state index in [4.69, 9.17) is 5.11 Å². The number of thiophene rings is 1. The maximum absolute atomic E-state index is 10.9. The average molecular weight is 295 g/mol. The van der Waals surface area contributed by atoms with Gasteiger partial charge in [0, 0.05) is 19.5 Å². The van der Waals surface area contributed by atoms with Crippen LogP contribution < -0.4 is 0 Å². The molecule has 1 rings (SSSR count). The number of carboxylic acids is 1. The summed E-state index contributed by atoms with van der Waals surface area (Å²) >= 11 is 6.33. The monoisotopic (exact) mass is 294 g/mol. The van der Waals surface area contributed by atoms with Crippen molar-refractivity contribution in [3.8, 4) is 0 Å². The first kappa shape index (κ1) is 12.1. The zero-order valence-corrected chi connectivity index (χ0v) is 11.3. The Morgan fingerprint density at radius 2 is 2.14 bits per heavy atom. The molecule has 0 aromatic carbocycles. The van der Waals surface area contributed by atoms with Crippen LogP contribution in [0.25, 0.3) is 0 Å². The topological polar surface area (TPSA) is 37.3 Å². The molecule has 0 aliphatic heterocycles. The van der Waals surface area contributed by atoms with E-state index < -0.39 is 5.97 Å². The van der Waals surface area contributed by atoms with E-state index in [-0.39, 0.29) is 0 Å². The highest BCUT2D eigenvalue weighted by Crippen LogP contribution is 2.41. The zero-order chi connectivity index (χ0) is 10.9. The molecule has 1 aromatic heterocycles. The van der Waals surface area contributed by atoms with Crippen molar-refractivity contribution in [3.63, 3.8) is 0 Å². The number of aryl methyl sites for hydroxylation is 1. The Morgan fingerprint density at radius 3 is 2.57 bits per heavy atom. The molecule has 0 saturated heterocycles. The fourth-order valence-corrected chi connectivity index (χ4v) is 3.87. The van der Waals surface area contributed by atoms with Gasteiger partial charge in [-0.15, -0.1) is 23.1 Å². The van der Waals surface area contributed by atoms with Crippen LogP contribution in [0.15, 0.2) is 9.37 Å². The number of hydrogen-bond donors (Lipinski definition) is 1. The molecule has 0 unspecified atom stereocenters. The summed E-state index contributed by atoms with van der Waals surface area (Å²) in [6, 6.07) is 0. The molecule has 2 nitrogen and oxygen atoms in total. The molecule has 0 fully saturated rings. The number of carboxylic acid groups (broad SMARTS) is 1. The molecule has 5 heteroatoms. The highest BCUT2D eigenvalue weighted by Gasteiger charge is 2.20. The number of rotatable bonds is 3. The second-order valence-electron chi connectivity index (χ2n) is 3.10. The van der Waals surface area contributed by atoms with Gasteiger partial charge in [0.1, 0.15) is 4.88 Å². The first-order valence-electron chi connectivity index (χ1n) is 4.12. The van der Waals surface area contributed by atoms with Crippen molar-refractivity contribution in [2.45, 2.75) is 30.9 Å². The number of carbonyl (C=O) groups is 1. The third kappa shape index (κ3) is 2.52. The van der Waals surface area contributed by atoms with Crippen LogP contribution >= 0.6 is 39.0 Å². The van der Waals surface area contributed by atoms with Gasteiger partial charge in [-0.05, 0) is 22.9 Å². The normalized spacial score (nSPS) is 10.9. The van der Waals surface area contributed by atoms with Crippen LogP contribution in [0.4, 0.5) is 0 Å². The molecular weight excluding hydrogens is 284 g/mol. The number of thioether (sulfide) groups is 1. The van der Waals surface area contributed by atoms with Crippen LogP contribution in [-0.4, -0.2) is 16.3 Å². The summed E-state index contributed by atoms with van der Waals surface area (Å²) in [6.07, 6.45) is 0. The molecule has 1 N–H and O–H groups in total. The van der Waals surface area contributed by atoms with Gasteiger partial charge in [0.25, 0.3) is 0 Å². The third-order valence-corrected chi connectivity index (χ3v) is 5.37. The summed E-state index contributed by atoms with van der Waals surface area (Å²) in [5.74, 6) is -0.841. The maximum Gasteiger partial charge on any atom is 0.347 e. The smallest absolute Gasteiger partial charge is 0.347 e. The summed E-state index contributed by atoms with van der Waals surface area (Å²) in [7, 11) is 0. The van der Waals surface area contributed by atoms with E-state index in [2.05, 4.69) is 29.8 Å². The van der Waals surface area contributed by atoms with Crippen molar-refractivity contribution in [2.75, 3.05) is 0 Å². The second kappa shape index (κ2) is 4.68. The van der Waals surface area contributed by atoms with E-state index in [0.29, 0.717) is 10.1 Å². The van der Waals surface area contributed by atoms with Crippen molar-refractivity contribution in [1.29, 1.82) is 0 Å². The Bertz CT molecular complexity index is 358. The van der Waals surface area contributed by atoms with Crippen molar-refractivity contribution >= 4 is 45.0 Å². The lowest BCUT2D eigenvalue weighted by atomic mass is 10.4. The Morgan fingerprint density at radius 1 is 1.57 bits per heavy atom. The lowest BCUT2D eigenvalue weighted by Gasteiger charge is -2.04. The molecule has 0 radical (unpaired) electrons. The molecule has 0 saturated carbocycles. The predicted octanol–water partition coefficient (Wildman–Crippen LogP) is 4.02. The highest BCUT2D eigenvalue weighted by molar-refractivity contribution is 9.10. The van der Waals surface area contributed by atoms with E-state index in [1.54, 1.807) is 11.8 Å². The number of hydrogen-bond acceptors (Lipinski definition) is 3. The molecule has 0 amide bonds. The zero-order valence-electron chi connectivity index (χ0n) is 8.13. The fourth-order valence-electron chi connectivity index (χ4n) is 0.986. The standard InChI is InChI=1S/C9H11BrO2S2/c1-4(2)13-7-6(10)5(3)14-8(7)9(11)12/h4H,1-3H3,(H,11,12). The molecule has 1 aromatic rings. The molecule has 0 atom stereocenters. The van der Waals surface area contributed by atoms with Gasteiger partial charge in [0.15, 0.2) is 0 Å². The van der Waals surface area contributed by atoms with Gasteiger partial charge in [-0.1, -0.05) is 13.8 Å². The molecule has 78 valence electrons. The van der Waals surface area contributed by atoms with Crippen molar-refractivity contribution in [1.82, 2.24) is 0 Å². The number of aromatic carboxylic acids is 1. The summed E-state index contributed by atoms with van der Waals surface area (Å²) in [6.45, 7) is 6.02. The Kier molecular flexibility index (Phi) is 4.04. The SMILES string of the molecule is Cc1sc(C(=O)O)c(SC(C)C)c1Br. The Hall–Kier alpha value is -0.000000000000000111.